The minimum Gasteiger partial charge on any atom is -0.466 e. The summed E-state index contributed by atoms with van der Waals surface area (Å²) >= 11 is 3.39. The molecule has 6 heteroatoms. The zero-order valence-electron chi connectivity index (χ0n) is 13.3. The highest BCUT2D eigenvalue weighted by Gasteiger charge is 2.35. The number of urea groups is 1. The van der Waals surface area contributed by atoms with Crippen molar-refractivity contribution < 1.29 is 14.3 Å². The molecule has 1 heterocycles. The molecule has 1 aliphatic heterocycles. The number of unbranched alkanes of at least 4 members (excludes halogenated alkanes) is 1. The fourth-order valence-electron chi connectivity index (χ4n) is 2.68. The number of halogens is 1. The van der Waals surface area contributed by atoms with Crippen LogP contribution in [0, 0.1) is 0 Å². The van der Waals surface area contributed by atoms with Gasteiger partial charge in [0.05, 0.1) is 18.7 Å². The first kappa shape index (κ1) is 17.5. The molecular formula is C17H21BrN2O3. The molecule has 1 N–H and O–H groups in total. The number of benzene rings is 1. The van der Waals surface area contributed by atoms with E-state index in [1.807, 2.05) is 30.3 Å². The van der Waals surface area contributed by atoms with Gasteiger partial charge in [0.15, 0.2) is 0 Å². The molecule has 1 unspecified atom stereocenters. The van der Waals surface area contributed by atoms with Crippen molar-refractivity contribution in [1.29, 1.82) is 0 Å². The molecule has 1 atom stereocenters. The largest absolute Gasteiger partial charge is 0.466 e. The van der Waals surface area contributed by atoms with Crippen LogP contribution in [0.4, 0.5) is 4.79 Å². The third-order valence-corrected chi connectivity index (χ3v) is 4.46. The highest BCUT2D eigenvalue weighted by atomic mass is 79.9. The van der Waals surface area contributed by atoms with E-state index in [1.165, 1.54) is 7.11 Å². The van der Waals surface area contributed by atoms with Gasteiger partial charge in [-0.1, -0.05) is 46.3 Å². The number of carbonyl (C=O) groups excluding carboxylic acids is 2. The minimum absolute atomic E-state index is 0.182. The van der Waals surface area contributed by atoms with Crippen molar-refractivity contribution in [3.8, 4) is 0 Å². The number of methoxy groups -OCH3 is 1. The molecule has 0 radical (unpaired) electrons. The molecule has 0 bridgehead atoms. The SMILES string of the molecule is COC(=O)C1=C(C)N(CCCCBr)C(=O)NC1c1ccccc1. The van der Waals surface area contributed by atoms with Crippen LogP contribution in [-0.4, -0.2) is 35.9 Å². The molecule has 1 aromatic rings. The van der Waals surface area contributed by atoms with E-state index >= 15 is 0 Å². The molecule has 0 aliphatic carbocycles. The molecule has 1 aliphatic rings. The van der Waals surface area contributed by atoms with Gasteiger partial charge in [-0.2, -0.15) is 0 Å². The third-order valence-electron chi connectivity index (χ3n) is 3.90. The lowest BCUT2D eigenvalue weighted by molar-refractivity contribution is -0.136. The molecule has 0 fully saturated rings. The average Bonchev–Trinajstić information content (AvgIpc) is 2.57. The van der Waals surface area contributed by atoms with Crippen molar-refractivity contribution in [3.05, 3.63) is 47.2 Å². The van der Waals surface area contributed by atoms with Crippen LogP contribution < -0.4 is 5.32 Å². The van der Waals surface area contributed by atoms with Crippen LogP contribution in [0.3, 0.4) is 0 Å². The van der Waals surface area contributed by atoms with E-state index < -0.39 is 12.0 Å². The van der Waals surface area contributed by atoms with E-state index in [1.54, 1.807) is 11.8 Å². The minimum atomic E-state index is -0.483. The van der Waals surface area contributed by atoms with Crippen LogP contribution in [0.2, 0.25) is 0 Å². The fraction of sp³-hybridized carbons (Fsp3) is 0.412. The number of hydrogen-bond donors (Lipinski definition) is 1. The molecule has 0 aromatic heterocycles. The molecular weight excluding hydrogens is 360 g/mol. The second-order valence-electron chi connectivity index (χ2n) is 5.33. The summed E-state index contributed by atoms with van der Waals surface area (Å²) in [7, 11) is 1.36. The van der Waals surface area contributed by atoms with Crippen molar-refractivity contribution in [1.82, 2.24) is 10.2 Å². The van der Waals surface area contributed by atoms with Crippen molar-refractivity contribution in [2.24, 2.45) is 0 Å². The van der Waals surface area contributed by atoms with Crippen molar-refractivity contribution in [3.63, 3.8) is 0 Å². The van der Waals surface area contributed by atoms with Gasteiger partial charge in [0.2, 0.25) is 0 Å². The molecule has 0 spiro atoms. The zero-order valence-corrected chi connectivity index (χ0v) is 14.9. The molecule has 5 nitrogen and oxygen atoms in total. The monoisotopic (exact) mass is 380 g/mol. The standard InChI is InChI=1S/C17H21BrN2O3/c1-12-14(16(21)23-2)15(13-8-4-3-5-9-13)19-17(22)20(12)11-7-6-10-18/h3-5,8-9,15H,6-7,10-11H2,1-2H3,(H,19,22). The van der Waals surface area contributed by atoms with Gasteiger partial charge in [-0.25, -0.2) is 9.59 Å². The number of allylic oxidation sites excluding steroid dienone is 1. The van der Waals surface area contributed by atoms with Crippen molar-refractivity contribution in [2.75, 3.05) is 19.0 Å². The Bertz CT molecular complexity index is 601. The highest BCUT2D eigenvalue weighted by Crippen LogP contribution is 2.31. The fourth-order valence-corrected chi connectivity index (χ4v) is 3.08. The van der Waals surface area contributed by atoms with Gasteiger partial charge >= 0.3 is 12.0 Å². The maximum atomic E-state index is 12.5. The lowest BCUT2D eigenvalue weighted by Gasteiger charge is -2.35. The summed E-state index contributed by atoms with van der Waals surface area (Å²) in [6.45, 7) is 2.38. The predicted molar refractivity (Wildman–Crippen MR) is 92.2 cm³/mol. The van der Waals surface area contributed by atoms with Crippen LogP contribution in [0.1, 0.15) is 31.4 Å². The van der Waals surface area contributed by atoms with E-state index in [9.17, 15) is 9.59 Å². The quantitative estimate of drug-likeness (QED) is 0.467. The summed E-state index contributed by atoms with van der Waals surface area (Å²) in [5.41, 5.74) is 2.00. The predicted octanol–water partition coefficient (Wildman–Crippen LogP) is 3.38. The van der Waals surface area contributed by atoms with Gasteiger partial charge in [-0.3, -0.25) is 4.90 Å². The van der Waals surface area contributed by atoms with Gasteiger partial charge < -0.3 is 10.1 Å². The first-order chi connectivity index (χ1) is 11.1. The summed E-state index contributed by atoms with van der Waals surface area (Å²) in [6.07, 6.45) is 1.83. The number of nitrogens with one attached hydrogen (secondary N) is 1. The first-order valence-electron chi connectivity index (χ1n) is 7.58. The van der Waals surface area contributed by atoms with Gasteiger partial charge in [0.1, 0.15) is 0 Å². The number of esters is 1. The number of rotatable bonds is 6. The normalized spacial score (nSPS) is 18.0. The number of carbonyl (C=O) groups is 2. The van der Waals surface area contributed by atoms with E-state index in [2.05, 4.69) is 21.2 Å². The summed E-state index contributed by atoms with van der Waals surface area (Å²) in [5.74, 6) is -0.415. The van der Waals surface area contributed by atoms with Crippen LogP contribution >= 0.6 is 15.9 Å². The number of alkyl halides is 1. The number of ether oxygens (including phenoxy) is 1. The highest BCUT2D eigenvalue weighted by molar-refractivity contribution is 9.09. The summed E-state index contributed by atoms with van der Waals surface area (Å²) in [6, 6.07) is 8.78. The molecule has 0 saturated heterocycles. The number of hydrogen-bond acceptors (Lipinski definition) is 3. The van der Waals surface area contributed by atoms with Gasteiger partial charge in [-0.05, 0) is 25.3 Å². The number of nitrogens with zero attached hydrogens (tertiary/aromatic N) is 1. The molecule has 2 rings (SSSR count). The van der Waals surface area contributed by atoms with Crippen LogP contribution in [0.25, 0.3) is 0 Å². The second kappa shape index (κ2) is 8.15. The maximum absolute atomic E-state index is 12.5. The van der Waals surface area contributed by atoms with Gasteiger partial charge in [-0.15, -0.1) is 0 Å². The van der Waals surface area contributed by atoms with E-state index in [4.69, 9.17) is 4.74 Å². The average molecular weight is 381 g/mol. The van der Waals surface area contributed by atoms with Crippen LogP contribution in [-0.2, 0) is 9.53 Å². The Balaban J connectivity index is 2.38. The number of amides is 2. The molecule has 124 valence electrons. The Kier molecular flexibility index (Phi) is 6.21. The molecule has 1 aromatic carbocycles. The van der Waals surface area contributed by atoms with Crippen molar-refractivity contribution >= 4 is 27.9 Å². The second-order valence-corrected chi connectivity index (χ2v) is 6.12. The van der Waals surface area contributed by atoms with E-state index in [0.717, 1.165) is 23.7 Å². The maximum Gasteiger partial charge on any atom is 0.337 e. The van der Waals surface area contributed by atoms with Crippen LogP contribution in [0.15, 0.2) is 41.6 Å². The topological polar surface area (TPSA) is 58.6 Å². The molecule has 23 heavy (non-hydrogen) atoms. The Morgan fingerprint density at radius 1 is 1.30 bits per heavy atom. The van der Waals surface area contributed by atoms with E-state index in [0.29, 0.717) is 17.8 Å². The molecule has 0 saturated carbocycles. The Hall–Kier alpha value is -1.82. The van der Waals surface area contributed by atoms with Crippen molar-refractivity contribution in [2.45, 2.75) is 25.8 Å². The zero-order chi connectivity index (χ0) is 16.8. The van der Waals surface area contributed by atoms with Crippen LogP contribution in [0.5, 0.6) is 0 Å². The summed E-state index contributed by atoms with van der Waals surface area (Å²) < 4.78 is 4.94. The smallest absolute Gasteiger partial charge is 0.337 e. The third kappa shape index (κ3) is 3.93. The molecule has 2 amide bonds. The first-order valence-corrected chi connectivity index (χ1v) is 8.70. The Labute approximate surface area is 144 Å². The van der Waals surface area contributed by atoms with E-state index in [-0.39, 0.29) is 6.03 Å². The Morgan fingerprint density at radius 3 is 2.61 bits per heavy atom. The lowest BCUT2D eigenvalue weighted by atomic mass is 9.95. The van der Waals surface area contributed by atoms with Gasteiger partial charge in [0.25, 0.3) is 0 Å². The summed E-state index contributed by atoms with van der Waals surface area (Å²) in [4.78, 5) is 26.4. The van der Waals surface area contributed by atoms with Gasteiger partial charge in [0, 0.05) is 17.6 Å². The lowest BCUT2D eigenvalue weighted by Crippen LogP contribution is -2.48. The summed E-state index contributed by atoms with van der Waals surface area (Å²) in [5, 5.41) is 3.81. The Morgan fingerprint density at radius 2 is 2.00 bits per heavy atom.